The van der Waals surface area contributed by atoms with Gasteiger partial charge in [0.15, 0.2) is 11.6 Å². The monoisotopic (exact) mass is 260 g/mol. The molecular weight excluding hydrogens is 248 g/mol. The first-order chi connectivity index (χ1) is 8.63. The Kier molecular flexibility index (Phi) is 3.58. The van der Waals surface area contributed by atoms with Crippen LogP contribution in [-0.2, 0) is 14.3 Å². The molecule has 18 heavy (non-hydrogen) atoms. The SMILES string of the molecule is COC(/C=C/c1cccs1)=C1/C(=O)C=C(C)C1=O. The van der Waals surface area contributed by atoms with Crippen molar-refractivity contribution >= 4 is 29.0 Å². The van der Waals surface area contributed by atoms with Gasteiger partial charge in [-0.05, 0) is 36.6 Å². The van der Waals surface area contributed by atoms with Crippen LogP contribution >= 0.6 is 11.3 Å². The van der Waals surface area contributed by atoms with Gasteiger partial charge < -0.3 is 4.74 Å². The fraction of sp³-hybridized carbons (Fsp3) is 0.143. The van der Waals surface area contributed by atoms with E-state index in [4.69, 9.17) is 4.74 Å². The van der Waals surface area contributed by atoms with Crippen LogP contribution in [0.5, 0.6) is 0 Å². The zero-order chi connectivity index (χ0) is 13.1. The summed E-state index contributed by atoms with van der Waals surface area (Å²) in [5.74, 6) is -0.232. The smallest absolute Gasteiger partial charge is 0.196 e. The predicted octanol–water partition coefficient (Wildman–Crippen LogP) is 2.76. The van der Waals surface area contributed by atoms with Crippen LogP contribution in [0.15, 0.2) is 46.6 Å². The summed E-state index contributed by atoms with van der Waals surface area (Å²) in [5, 5.41) is 1.96. The van der Waals surface area contributed by atoms with Crippen molar-refractivity contribution < 1.29 is 14.3 Å². The molecule has 1 heterocycles. The summed E-state index contributed by atoms with van der Waals surface area (Å²) in [4.78, 5) is 24.5. The molecule has 0 atom stereocenters. The Balaban J connectivity index is 2.34. The first-order valence-electron chi connectivity index (χ1n) is 5.40. The molecule has 0 fully saturated rings. The van der Waals surface area contributed by atoms with Gasteiger partial charge in [-0.3, -0.25) is 9.59 Å². The summed E-state index contributed by atoms with van der Waals surface area (Å²) in [6.07, 6.45) is 4.82. The lowest BCUT2D eigenvalue weighted by atomic mass is 10.1. The Bertz CT molecular complexity index is 574. The van der Waals surface area contributed by atoms with Crippen LogP contribution < -0.4 is 0 Å². The van der Waals surface area contributed by atoms with Crippen LogP contribution in [0, 0.1) is 0 Å². The quantitative estimate of drug-likeness (QED) is 0.477. The third kappa shape index (κ3) is 2.33. The van der Waals surface area contributed by atoms with E-state index in [0.29, 0.717) is 11.3 Å². The molecule has 0 spiro atoms. The molecule has 0 N–H and O–H groups in total. The van der Waals surface area contributed by atoms with E-state index in [0.717, 1.165) is 4.88 Å². The van der Waals surface area contributed by atoms with Gasteiger partial charge in [0.2, 0.25) is 0 Å². The normalized spacial score (nSPS) is 18.4. The maximum atomic E-state index is 11.8. The number of allylic oxidation sites excluding steroid dienone is 4. The van der Waals surface area contributed by atoms with E-state index in [-0.39, 0.29) is 17.1 Å². The number of rotatable bonds is 3. The molecule has 4 heteroatoms. The number of ketones is 2. The Labute approximate surface area is 109 Å². The Morgan fingerprint density at radius 1 is 1.39 bits per heavy atom. The molecule has 1 aromatic heterocycles. The summed E-state index contributed by atoms with van der Waals surface area (Å²) in [5.41, 5.74) is 0.567. The molecule has 0 radical (unpaired) electrons. The number of methoxy groups -OCH3 is 1. The van der Waals surface area contributed by atoms with Crippen molar-refractivity contribution in [3.05, 3.63) is 51.4 Å². The largest absolute Gasteiger partial charge is 0.496 e. The van der Waals surface area contributed by atoms with E-state index in [1.807, 2.05) is 23.6 Å². The van der Waals surface area contributed by atoms with Crippen molar-refractivity contribution in [1.82, 2.24) is 0 Å². The van der Waals surface area contributed by atoms with Gasteiger partial charge in [-0.2, -0.15) is 0 Å². The molecule has 0 amide bonds. The average molecular weight is 260 g/mol. The van der Waals surface area contributed by atoms with Gasteiger partial charge in [0.1, 0.15) is 11.3 Å². The van der Waals surface area contributed by atoms with Crippen molar-refractivity contribution in [3.63, 3.8) is 0 Å². The molecule has 0 bridgehead atoms. The first-order valence-corrected chi connectivity index (χ1v) is 6.28. The second-order valence-corrected chi connectivity index (χ2v) is 4.79. The highest BCUT2D eigenvalue weighted by atomic mass is 32.1. The van der Waals surface area contributed by atoms with Crippen molar-refractivity contribution in [2.45, 2.75) is 6.92 Å². The minimum atomic E-state index is -0.287. The van der Waals surface area contributed by atoms with E-state index in [2.05, 4.69) is 0 Å². The maximum absolute atomic E-state index is 11.8. The number of ether oxygens (including phenoxy) is 1. The van der Waals surface area contributed by atoms with Crippen LogP contribution in [0.3, 0.4) is 0 Å². The van der Waals surface area contributed by atoms with Gasteiger partial charge >= 0.3 is 0 Å². The number of hydrogen-bond donors (Lipinski definition) is 0. The lowest BCUT2D eigenvalue weighted by molar-refractivity contribution is -0.116. The number of Topliss-reactive ketones (excluding diaryl/α,β-unsaturated/α-hetero) is 1. The van der Waals surface area contributed by atoms with Gasteiger partial charge in [-0.15, -0.1) is 11.3 Å². The van der Waals surface area contributed by atoms with Gasteiger partial charge in [-0.1, -0.05) is 6.07 Å². The number of hydrogen-bond acceptors (Lipinski definition) is 4. The molecule has 92 valence electrons. The van der Waals surface area contributed by atoms with Crippen LogP contribution in [0.4, 0.5) is 0 Å². The Morgan fingerprint density at radius 2 is 2.17 bits per heavy atom. The zero-order valence-corrected chi connectivity index (χ0v) is 10.9. The van der Waals surface area contributed by atoms with Crippen LogP contribution in [-0.4, -0.2) is 18.7 Å². The second-order valence-electron chi connectivity index (χ2n) is 3.81. The highest BCUT2D eigenvalue weighted by molar-refractivity contribution is 7.10. The third-order valence-electron chi connectivity index (χ3n) is 2.59. The van der Waals surface area contributed by atoms with Crippen molar-refractivity contribution in [1.29, 1.82) is 0 Å². The van der Waals surface area contributed by atoms with Crippen LogP contribution in [0.2, 0.25) is 0 Å². The molecule has 1 aliphatic carbocycles. The molecule has 0 aliphatic heterocycles. The molecule has 0 saturated carbocycles. The highest BCUT2D eigenvalue weighted by Crippen LogP contribution is 2.22. The molecule has 2 rings (SSSR count). The number of thiophene rings is 1. The minimum Gasteiger partial charge on any atom is -0.496 e. The van der Waals surface area contributed by atoms with E-state index >= 15 is 0 Å². The first kappa shape index (κ1) is 12.5. The van der Waals surface area contributed by atoms with Crippen LogP contribution in [0.1, 0.15) is 11.8 Å². The van der Waals surface area contributed by atoms with Gasteiger partial charge in [-0.25, -0.2) is 0 Å². The molecule has 1 aliphatic rings. The molecular formula is C14H12O3S. The highest BCUT2D eigenvalue weighted by Gasteiger charge is 2.28. The van der Waals surface area contributed by atoms with Crippen LogP contribution in [0.25, 0.3) is 6.08 Å². The fourth-order valence-corrected chi connectivity index (χ4v) is 2.29. The number of carbonyl (C=O) groups is 2. The fourth-order valence-electron chi connectivity index (χ4n) is 1.67. The average Bonchev–Trinajstić information content (AvgIpc) is 2.93. The topological polar surface area (TPSA) is 43.4 Å². The van der Waals surface area contributed by atoms with E-state index in [9.17, 15) is 9.59 Å². The van der Waals surface area contributed by atoms with Gasteiger partial charge in [0.25, 0.3) is 0 Å². The third-order valence-corrected chi connectivity index (χ3v) is 3.43. The number of carbonyl (C=O) groups excluding carboxylic acids is 2. The lowest BCUT2D eigenvalue weighted by Gasteiger charge is -2.03. The summed E-state index contributed by atoms with van der Waals surface area (Å²) in [7, 11) is 1.45. The summed E-state index contributed by atoms with van der Waals surface area (Å²) in [6, 6.07) is 3.88. The zero-order valence-electron chi connectivity index (χ0n) is 10.1. The Morgan fingerprint density at radius 3 is 2.67 bits per heavy atom. The van der Waals surface area contributed by atoms with Gasteiger partial charge in [0, 0.05) is 10.5 Å². The van der Waals surface area contributed by atoms with Gasteiger partial charge in [0.05, 0.1) is 7.11 Å². The van der Waals surface area contributed by atoms with Crippen molar-refractivity contribution in [2.24, 2.45) is 0 Å². The second kappa shape index (κ2) is 5.14. The molecule has 0 aromatic carbocycles. The Hall–Kier alpha value is -1.94. The predicted molar refractivity (Wildman–Crippen MR) is 71.2 cm³/mol. The molecule has 3 nitrogen and oxygen atoms in total. The minimum absolute atomic E-state index is 0.114. The van der Waals surface area contributed by atoms with Crippen molar-refractivity contribution in [2.75, 3.05) is 7.11 Å². The molecule has 0 unspecified atom stereocenters. The summed E-state index contributed by atoms with van der Waals surface area (Å²) in [6.45, 7) is 1.63. The standard InChI is InChI=1S/C14H12O3S/c1-9-8-11(15)13(14(9)16)12(17-2)6-5-10-4-3-7-18-10/h3-8H,1-2H3/b6-5+,13-12-. The lowest BCUT2D eigenvalue weighted by Crippen LogP contribution is -2.07. The van der Waals surface area contributed by atoms with E-state index in [1.54, 1.807) is 24.3 Å². The van der Waals surface area contributed by atoms with E-state index in [1.165, 1.54) is 13.2 Å². The van der Waals surface area contributed by atoms with E-state index < -0.39 is 0 Å². The summed E-state index contributed by atoms with van der Waals surface area (Å²) < 4.78 is 5.14. The molecule has 1 aromatic rings. The van der Waals surface area contributed by atoms with Crippen molar-refractivity contribution in [3.8, 4) is 0 Å². The maximum Gasteiger partial charge on any atom is 0.196 e. The summed E-state index contributed by atoms with van der Waals surface area (Å²) >= 11 is 1.57. The molecule has 0 saturated heterocycles.